The topological polar surface area (TPSA) is 59.0 Å². The van der Waals surface area contributed by atoms with Crippen LogP contribution in [0.15, 0.2) is 12.1 Å². The van der Waals surface area contributed by atoms with Crippen molar-refractivity contribution < 1.29 is 4.74 Å². The summed E-state index contributed by atoms with van der Waals surface area (Å²) in [5.41, 5.74) is 5.90. The van der Waals surface area contributed by atoms with Gasteiger partial charge in [-0.1, -0.05) is 23.2 Å². The summed E-state index contributed by atoms with van der Waals surface area (Å²) in [6, 6.07) is 5.42. The van der Waals surface area contributed by atoms with Crippen molar-refractivity contribution in [2.75, 3.05) is 12.3 Å². The van der Waals surface area contributed by atoms with Crippen LogP contribution in [0, 0.1) is 16.7 Å². The molecule has 1 aromatic rings. The summed E-state index contributed by atoms with van der Waals surface area (Å²) >= 11 is 11.7. The molecular formula is C13H16Cl2N2O. The van der Waals surface area contributed by atoms with Gasteiger partial charge < -0.3 is 10.5 Å². The van der Waals surface area contributed by atoms with Crippen LogP contribution in [0.2, 0.25) is 10.0 Å². The van der Waals surface area contributed by atoms with Crippen LogP contribution in [0.5, 0.6) is 5.75 Å². The van der Waals surface area contributed by atoms with E-state index in [9.17, 15) is 0 Å². The van der Waals surface area contributed by atoms with Gasteiger partial charge in [-0.05, 0) is 32.8 Å². The zero-order valence-corrected chi connectivity index (χ0v) is 12.0. The maximum atomic E-state index is 8.88. The molecule has 0 radical (unpaired) electrons. The van der Waals surface area contributed by atoms with E-state index in [1.54, 1.807) is 12.1 Å². The number of nitrogen functional groups attached to an aromatic ring is 1. The molecule has 0 amide bonds. The Morgan fingerprint density at radius 1 is 1.33 bits per heavy atom. The van der Waals surface area contributed by atoms with Crippen LogP contribution in [-0.4, -0.2) is 6.61 Å². The predicted molar refractivity (Wildman–Crippen MR) is 75.0 cm³/mol. The first kappa shape index (κ1) is 14.9. The molecule has 0 heterocycles. The molecule has 0 atom stereocenters. The van der Waals surface area contributed by atoms with Crippen LogP contribution in [0.4, 0.5) is 5.69 Å². The molecule has 2 N–H and O–H groups in total. The fourth-order valence-electron chi connectivity index (χ4n) is 1.42. The number of nitriles is 1. The van der Waals surface area contributed by atoms with E-state index in [0.717, 1.165) is 12.8 Å². The van der Waals surface area contributed by atoms with Gasteiger partial charge in [0.05, 0.1) is 33.8 Å². The molecule has 1 aromatic carbocycles. The molecule has 3 nitrogen and oxygen atoms in total. The van der Waals surface area contributed by atoms with Crippen LogP contribution in [0.1, 0.15) is 26.7 Å². The highest BCUT2D eigenvalue weighted by molar-refractivity contribution is 6.42. The van der Waals surface area contributed by atoms with Crippen molar-refractivity contribution in [2.24, 2.45) is 5.41 Å². The zero-order valence-electron chi connectivity index (χ0n) is 10.5. The first-order valence-corrected chi connectivity index (χ1v) is 6.40. The summed E-state index contributed by atoms with van der Waals surface area (Å²) < 4.78 is 5.54. The lowest BCUT2D eigenvalue weighted by Gasteiger charge is -2.15. The second-order valence-corrected chi connectivity index (χ2v) is 5.57. The SMILES string of the molecule is CC(C)(C#N)CCCOc1cc(Cl)c(Cl)cc1N. The van der Waals surface area contributed by atoms with E-state index in [1.807, 2.05) is 13.8 Å². The van der Waals surface area contributed by atoms with Crippen molar-refractivity contribution in [3.63, 3.8) is 0 Å². The molecule has 0 aliphatic heterocycles. The number of nitrogens with two attached hydrogens (primary N) is 1. The van der Waals surface area contributed by atoms with E-state index in [-0.39, 0.29) is 5.41 Å². The van der Waals surface area contributed by atoms with E-state index >= 15 is 0 Å². The standard InChI is InChI=1S/C13H16Cl2N2O/c1-13(2,8-16)4-3-5-18-12-7-10(15)9(14)6-11(12)17/h6-7H,3-5,17H2,1-2H3. The molecule has 0 aliphatic rings. The van der Waals surface area contributed by atoms with Crippen molar-refractivity contribution in [3.05, 3.63) is 22.2 Å². The van der Waals surface area contributed by atoms with Crippen molar-refractivity contribution in [1.29, 1.82) is 5.26 Å². The summed E-state index contributed by atoms with van der Waals surface area (Å²) in [4.78, 5) is 0. The highest BCUT2D eigenvalue weighted by atomic mass is 35.5. The molecule has 1 rings (SSSR count). The molecular weight excluding hydrogens is 271 g/mol. The molecule has 0 fully saturated rings. The number of benzene rings is 1. The van der Waals surface area contributed by atoms with Crippen LogP contribution in [-0.2, 0) is 0 Å². The summed E-state index contributed by atoms with van der Waals surface area (Å²) in [6.45, 7) is 4.30. The number of hydrogen-bond donors (Lipinski definition) is 1. The van der Waals surface area contributed by atoms with Crippen LogP contribution < -0.4 is 10.5 Å². The largest absolute Gasteiger partial charge is 0.491 e. The van der Waals surface area contributed by atoms with Gasteiger partial charge in [-0.2, -0.15) is 5.26 Å². The number of ether oxygens (including phenoxy) is 1. The van der Waals surface area contributed by atoms with E-state index in [2.05, 4.69) is 6.07 Å². The molecule has 98 valence electrons. The smallest absolute Gasteiger partial charge is 0.143 e. The first-order chi connectivity index (χ1) is 8.35. The van der Waals surface area contributed by atoms with Crippen molar-refractivity contribution in [1.82, 2.24) is 0 Å². The van der Waals surface area contributed by atoms with Crippen LogP contribution in [0.3, 0.4) is 0 Å². The quantitative estimate of drug-likeness (QED) is 0.649. The maximum Gasteiger partial charge on any atom is 0.143 e. The Hall–Kier alpha value is -1.11. The van der Waals surface area contributed by atoms with E-state index in [4.69, 9.17) is 38.9 Å². The van der Waals surface area contributed by atoms with Crippen molar-refractivity contribution in [3.8, 4) is 11.8 Å². The highest BCUT2D eigenvalue weighted by Crippen LogP contribution is 2.32. The van der Waals surface area contributed by atoms with Gasteiger partial charge in [0.25, 0.3) is 0 Å². The number of anilines is 1. The normalized spacial score (nSPS) is 11.1. The number of halogens is 2. The maximum absolute atomic E-state index is 8.88. The minimum absolute atomic E-state index is 0.327. The highest BCUT2D eigenvalue weighted by Gasteiger charge is 2.16. The average molecular weight is 287 g/mol. The Morgan fingerprint density at radius 2 is 1.94 bits per heavy atom. The summed E-state index contributed by atoms with van der Waals surface area (Å²) in [5, 5.41) is 9.70. The molecule has 0 bridgehead atoms. The molecule has 0 aliphatic carbocycles. The van der Waals surface area contributed by atoms with Crippen molar-refractivity contribution in [2.45, 2.75) is 26.7 Å². The van der Waals surface area contributed by atoms with Gasteiger partial charge in [0.2, 0.25) is 0 Å². The third-order valence-corrected chi connectivity index (χ3v) is 3.28. The lowest BCUT2D eigenvalue weighted by Crippen LogP contribution is -2.10. The van der Waals surface area contributed by atoms with E-state index in [0.29, 0.717) is 28.1 Å². The second-order valence-electron chi connectivity index (χ2n) is 4.75. The summed E-state index contributed by atoms with van der Waals surface area (Å²) in [7, 11) is 0. The van der Waals surface area contributed by atoms with Gasteiger partial charge in [0.15, 0.2) is 0 Å². The summed E-state index contributed by atoms with van der Waals surface area (Å²) in [5.74, 6) is 0.527. The molecule has 18 heavy (non-hydrogen) atoms. The number of nitrogens with zero attached hydrogens (tertiary/aromatic N) is 1. The third-order valence-electron chi connectivity index (χ3n) is 2.56. The molecule has 0 saturated carbocycles. The van der Waals surface area contributed by atoms with Gasteiger partial charge in [0.1, 0.15) is 5.75 Å². The lowest BCUT2D eigenvalue weighted by atomic mass is 9.90. The monoisotopic (exact) mass is 286 g/mol. The third kappa shape index (κ3) is 4.29. The van der Waals surface area contributed by atoms with Gasteiger partial charge in [0, 0.05) is 6.07 Å². The van der Waals surface area contributed by atoms with E-state index in [1.165, 1.54) is 0 Å². The Balaban J connectivity index is 2.50. The Morgan fingerprint density at radius 3 is 2.56 bits per heavy atom. The minimum atomic E-state index is -0.327. The Kier molecular flexibility index (Phi) is 5.13. The molecule has 0 saturated heterocycles. The molecule has 0 unspecified atom stereocenters. The average Bonchev–Trinajstić information content (AvgIpc) is 2.31. The van der Waals surface area contributed by atoms with Crippen molar-refractivity contribution >= 4 is 28.9 Å². The number of hydrogen-bond acceptors (Lipinski definition) is 3. The van der Waals surface area contributed by atoms with E-state index < -0.39 is 0 Å². The minimum Gasteiger partial charge on any atom is -0.491 e. The second kappa shape index (κ2) is 6.17. The van der Waals surface area contributed by atoms with Gasteiger partial charge in [-0.25, -0.2) is 0 Å². The number of rotatable bonds is 5. The van der Waals surface area contributed by atoms with Gasteiger partial charge >= 0.3 is 0 Å². The Labute approximate surface area is 117 Å². The predicted octanol–water partition coefficient (Wildman–Crippen LogP) is 4.28. The lowest BCUT2D eigenvalue weighted by molar-refractivity contribution is 0.285. The molecule has 0 aromatic heterocycles. The fraction of sp³-hybridized carbons (Fsp3) is 0.462. The fourth-order valence-corrected chi connectivity index (χ4v) is 1.75. The van der Waals surface area contributed by atoms with Crippen LogP contribution in [0.25, 0.3) is 0 Å². The van der Waals surface area contributed by atoms with Gasteiger partial charge in [-0.15, -0.1) is 0 Å². The summed E-state index contributed by atoms with van der Waals surface area (Å²) in [6.07, 6.45) is 1.55. The van der Waals surface area contributed by atoms with Gasteiger partial charge in [-0.3, -0.25) is 0 Å². The molecule has 5 heteroatoms. The molecule has 0 spiro atoms. The zero-order chi connectivity index (χ0) is 13.8. The van der Waals surface area contributed by atoms with Crippen LogP contribution >= 0.6 is 23.2 Å². The first-order valence-electron chi connectivity index (χ1n) is 5.64. The Bertz CT molecular complexity index is 467.